The molecule has 0 unspecified atom stereocenters. The predicted octanol–water partition coefficient (Wildman–Crippen LogP) is 0.845. The summed E-state index contributed by atoms with van der Waals surface area (Å²) < 4.78 is 0. The summed E-state index contributed by atoms with van der Waals surface area (Å²) in [4.78, 5) is 21.6. The highest BCUT2D eigenvalue weighted by Gasteiger charge is 2.09. The second kappa shape index (κ2) is 6.30. The number of nitrogen functional groups attached to an aromatic ring is 1. The first-order chi connectivity index (χ1) is 8.52. The number of aromatic carboxylic acids is 1. The summed E-state index contributed by atoms with van der Waals surface area (Å²) in [6.07, 6.45) is 0.437. The number of nitrogens with one attached hydrogen (secondary N) is 1. The third-order valence-corrected chi connectivity index (χ3v) is 2.16. The summed E-state index contributed by atoms with van der Waals surface area (Å²) in [7, 11) is 0. The minimum absolute atomic E-state index is 0.0852. The van der Waals surface area contributed by atoms with Crippen LogP contribution in [0.15, 0.2) is 18.2 Å². The van der Waals surface area contributed by atoms with Crippen molar-refractivity contribution < 1.29 is 14.7 Å². The molecule has 0 aliphatic rings. The zero-order chi connectivity index (χ0) is 13.5. The summed E-state index contributed by atoms with van der Waals surface area (Å²) >= 11 is 0. The Kier molecular flexibility index (Phi) is 4.76. The molecular weight excluding hydrogens is 232 g/mol. The normalized spacial score (nSPS) is 9.17. The smallest absolute Gasteiger partial charge is 0.337 e. The van der Waals surface area contributed by atoms with Crippen molar-refractivity contribution in [3.8, 4) is 11.8 Å². The van der Waals surface area contributed by atoms with Crippen molar-refractivity contribution in [2.75, 3.05) is 12.3 Å². The Morgan fingerprint density at radius 2 is 2.17 bits per heavy atom. The summed E-state index contributed by atoms with van der Waals surface area (Å²) in [5, 5.41) is 11.6. The average molecular weight is 246 g/mol. The maximum atomic E-state index is 11.0. The summed E-state index contributed by atoms with van der Waals surface area (Å²) in [5.41, 5.74) is 6.42. The highest BCUT2D eigenvalue weighted by Crippen LogP contribution is 2.15. The van der Waals surface area contributed by atoms with Crippen molar-refractivity contribution >= 4 is 17.6 Å². The molecule has 0 atom stereocenters. The number of carbonyl (C=O) groups is 2. The molecule has 1 rings (SSSR count). The van der Waals surface area contributed by atoms with Crippen molar-refractivity contribution in [3.63, 3.8) is 0 Å². The second-order valence-corrected chi connectivity index (χ2v) is 3.61. The Labute approximate surface area is 105 Å². The fraction of sp³-hybridized carbons (Fsp3) is 0.231. The van der Waals surface area contributed by atoms with Gasteiger partial charge in [0.25, 0.3) is 0 Å². The van der Waals surface area contributed by atoms with Crippen LogP contribution in [-0.2, 0) is 4.79 Å². The Bertz CT molecular complexity index is 527. The van der Waals surface area contributed by atoms with Gasteiger partial charge in [-0.3, -0.25) is 4.79 Å². The van der Waals surface area contributed by atoms with Crippen LogP contribution in [0, 0.1) is 11.8 Å². The quantitative estimate of drug-likeness (QED) is 0.418. The molecule has 0 aliphatic carbocycles. The topological polar surface area (TPSA) is 92.4 Å². The van der Waals surface area contributed by atoms with Gasteiger partial charge in [-0.1, -0.05) is 17.9 Å². The SMILES string of the molecule is CC(=O)NCCC#Cc1c(N)cccc1C(=O)O. The molecule has 0 saturated carbocycles. The van der Waals surface area contributed by atoms with Crippen LogP contribution in [-0.4, -0.2) is 23.5 Å². The summed E-state index contributed by atoms with van der Waals surface area (Å²) in [6.45, 7) is 1.85. The van der Waals surface area contributed by atoms with Gasteiger partial charge in [-0.25, -0.2) is 4.79 Å². The molecule has 0 bridgehead atoms. The number of hydrogen-bond donors (Lipinski definition) is 3. The van der Waals surface area contributed by atoms with E-state index in [-0.39, 0.29) is 11.5 Å². The van der Waals surface area contributed by atoms with Gasteiger partial charge in [0.05, 0.1) is 11.1 Å². The average Bonchev–Trinajstić information content (AvgIpc) is 2.29. The highest BCUT2D eigenvalue weighted by molar-refractivity contribution is 5.92. The fourth-order valence-corrected chi connectivity index (χ4v) is 1.34. The van der Waals surface area contributed by atoms with E-state index >= 15 is 0 Å². The number of hydrogen-bond acceptors (Lipinski definition) is 3. The first kappa shape index (κ1) is 13.6. The van der Waals surface area contributed by atoms with Gasteiger partial charge in [0.2, 0.25) is 5.91 Å². The van der Waals surface area contributed by atoms with Crippen molar-refractivity contribution in [3.05, 3.63) is 29.3 Å². The van der Waals surface area contributed by atoms with E-state index in [0.717, 1.165) is 0 Å². The van der Waals surface area contributed by atoms with Crippen LogP contribution in [0.2, 0.25) is 0 Å². The lowest BCUT2D eigenvalue weighted by molar-refractivity contribution is -0.118. The predicted molar refractivity (Wildman–Crippen MR) is 68.0 cm³/mol. The number of benzene rings is 1. The lowest BCUT2D eigenvalue weighted by atomic mass is 10.1. The zero-order valence-electron chi connectivity index (χ0n) is 9.99. The maximum Gasteiger partial charge on any atom is 0.337 e. The zero-order valence-corrected chi connectivity index (χ0v) is 9.99. The van der Waals surface area contributed by atoms with E-state index in [2.05, 4.69) is 17.2 Å². The van der Waals surface area contributed by atoms with Crippen LogP contribution in [0.3, 0.4) is 0 Å². The van der Waals surface area contributed by atoms with Crippen molar-refractivity contribution in [2.24, 2.45) is 0 Å². The lowest BCUT2D eigenvalue weighted by Gasteiger charge is -2.02. The standard InChI is InChI=1S/C13H14N2O3/c1-9(16)15-8-3-2-5-10-11(13(17)18)6-4-7-12(10)14/h4,6-7H,3,8,14H2,1H3,(H,15,16)(H,17,18). The van der Waals surface area contributed by atoms with E-state index in [4.69, 9.17) is 10.8 Å². The van der Waals surface area contributed by atoms with Gasteiger partial charge in [0.1, 0.15) is 0 Å². The summed E-state index contributed by atoms with van der Waals surface area (Å²) in [6, 6.07) is 4.63. The number of nitrogens with two attached hydrogens (primary N) is 1. The molecule has 0 heterocycles. The lowest BCUT2D eigenvalue weighted by Crippen LogP contribution is -2.20. The fourth-order valence-electron chi connectivity index (χ4n) is 1.34. The third-order valence-electron chi connectivity index (χ3n) is 2.16. The Morgan fingerprint density at radius 3 is 2.78 bits per heavy atom. The van der Waals surface area contributed by atoms with E-state index in [1.54, 1.807) is 12.1 Å². The molecule has 94 valence electrons. The van der Waals surface area contributed by atoms with Crippen LogP contribution >= 0.6 is 0 Å². The molecule has 0 saturated heterocycles. The summed E-state index contributed by atoms with van der Waals surface area (Å²) in [5.74, 6) is 4.33. The van der Waals surface area contributed by atoms with Crippen LogP contribution in [0.4, 0.5) is 5.69 Å². The Hall–Kier alpha value is -2.48. The van der Waals surface area contributed by atoms with Crippen LogP contribution < -0.4 is 11.1 Å². The number of carbonyl (C=O) groups excluding carboxylic acids is 1. The number of carboxylic acid groups (broad SMARTS) is 1. The molecule has 1 amide bonds. The molecule has 4 N–H and O–H groups in total. The number of anilines is 1. The molecule has 0 radical (unpaired) electrons. The van der Waals surface area contributed by atoms with Gasteiger partial charge in [0, 0.05) is 25.6 Å². The van der Waals surface area contributed by atoms with E-state index in [9.17, 15) is 9.59 Å². The van der Waals surface area contributed by atoms with Crippen LogP contribution in [0.5, 0.6) is 0 Å². The van der Waals surface area contributed by atoms with E-state index in [0.29, 0.717) is 24.2 Å². The monoisotopic (exact) mass is 246 g/mol. The molecule has 1 aromatic rings. The van der Waals surface area contributed by atoms with E-state index in [1.807, 2.05) is 0 Å². The number of carboxylic acids is 1. The molecule has 0 fully saturated rings. The first-order valence-electron chi connectivity index (χ1n) is 5.37. The molecule has 18 heavy (non-hydrogen) atoms. The van der Waals surface area contributed by atoms with Crippen molar-refractivity contribution in [2.45, 2.75) is 13.3 Å². The Morgan fingerprint density at radius 1 is 1.44 bits per heavy atom. The number of amides is 1. The van der Waals surface area contributed by atoms with Crippen molar-refractivity contribution in [1.82, 2.24) is 5.32 Å². The van der Waals surface area contributed by atoms with Crippen LogP contribution in [0.25, 0.3) is 0 Å². The van der Waals surface area contributed by atoms with Gasteiger partial charge in [-0.2, -0.15) is 0 Å². The third kappa shape index (κ3) is 3.83. The molecule has 0 aromatic heterocycles. The highest BCUT2D eigenvalue weighted by atomic mass is 16.4. The van der Waals surface area contributed by atoms with E-state index in [1.165, 1.54) is 13.0 Å². The Balaban J connectivity index is 2.81. The molecule has 0 spiro atoms. The minimum Gasteiger partial charge on any atom is -0.478 e. The van der Waals surface area contributed by atoms with Gasteiger partial charge in [-0.05, 0) is 12.1 Å². The maximum absolute atomic E-state index is 11.0. The van der Waals surface area contributed by atoms with Gasteiger partial charge in [-0.15, -0.1) is 0 Å². The van der Waals surface area contributed by atoms with Crippen LogP contribution in [0.1, 0.15) is 29.3 Å². The second-order valence-electron chi connectivity index (χ2n) is 3.61. The van der Waals surface area contributed by atoms with Gasteiger partial charge < -0.3 is 16.2 Å². The number of rotatable bonds is 3. The van der Waals surface area contributed by atoms with E-state index < -0.39 is 5.97 Å². The van der Waals surface area contributed by atoms with Gasteiger partial charge in [0.15, 0.2) is 0 Å². The molecular formula is C13H14N2O3. The largest absolute Gasteiger partial charge is 0.478 e. The minimum atomic E-state index is -1.06. The molecule has 5 nitrogen and oxygen atoms in total. The first-order valence-corrected chi connectivity index (χ1v) is 5.37. The molecule has 5 heteroatoms. The van der Waals surface area contributed by atoms with Gasteiger partial charge >= 0.3 is 5.97 Å². The molecule has 1 aromatic carbocycles. The van der Waals surface area contributed by atoms with Crippen molar-refractivity contribution in [1.29, 1.82) is 0 Å². The molecule has 0 aliphatic heterocycles.